The average Bonchev–Trinajstić information content (AvgIpc) is 3.45. The van der Waals surface area contributed by atoms with Crippen LogP contribution in [0.4, 0.5) is 5.69 Å². The number of hydrogen-bond acceptors (Lipinski definition) is 4. The molecule has 0 fully saturated rings. The molecule has 39 heavy (non-hydrogen) atoms. The molecule has 1 aromatic heterocycles. The van der Waals surface area contributed by atoms with Gasteiger partial charge in [0.1, 0.15) is 0 Å². The number of halogens is 1. The van der Waals surface area contributed by atoms with Gasteiger partial charge in [-0.2, -0.15) is 4.57 Å². The number of anilines is 1. The highest BCUT2D eigenvalue weighted by molar-refractivity contribution is 7.07. The van der Waals surface area contributed by atoms with Crippen molar-refractivity contribution in [3.05, 3.63) is 70.1 Å². The van der Waals surface area contributed by atoms with Crippen LogP contribution in [0.25, 0.3) is 0 Å². The van der Waals surface area contributed by atoms with Gasteiger partial charge in [-0.3, -0.25) is 4.79 Å². The molecule has 0 aliphatic rings. The van der Waals surface area contributed by atoms with E-state index in [0.717, 1.165) is 25.1 Å². The zero-order chi connectivity index (χ0) is 27.5. The summed E-state index contributed by atoms with van der Waals surface area (Å²) < 4.78 is 13.9. The van der Waals surface area contributed by atoms with E-state index >= 15 is 0 Å². The minimum absolute atomic E-state index is 0.123. The van der Waals surface area contributed by atoms with Crippen LogP contribution in [0.3, 0.4) is 0 Å². The largest absolute Gasteiger partial charge is 0.488 e. The molecule has 7 heteroatoms. The molecule has 0 saturated heterocycles. The van der Waals surface area contributed by atoms with Crippen molar-refractivity contribution in [1.29, 1.82) is 0 Å². The highest BCUT2D eigenvalue weighted by Gasteiger charge is 2.12. The highest BCUT2D eigenvalue weighted by atomic mass is 35.5. The predicted octanol–water partition coefficient (Wildman–Crippen LogP) is 8.83. The summed E-state index contributed by atoms with van der Waals surface area (Å²) in [5, 5.41) is 5.42. The maximum atomic E-state index is 12.5. The Balaban J connectivity index is 1.31. The predicted molar refractivity (Wildman–Crippen MR) is 162 cm³/mol. The summed E-state index contributed by atoms with van der Waals surface area (Å²) in [6.45, 7) is 3.53. The monoisotopic (exact) mass is 571 g/mol. The second kappa shape index (κ2) is 18.7. The van der Waals surface area contributed by atoms with Crippen LogP contribution in [0.15, 0.2) is 59.6 Å². The van der Waals surface area contributed by atoms with Gasteiger partial charge in [0.2, 0.25) is 5.51 Å². The first kappa shape index (κ1) is 31.0. The first-order valence-corrected chi connectivity index (χ1v) is 15.8. The zero-order valence-corrected chi connectivity index (χ0v) is 24.9. The zero-order valence-electron chi connectivity index (χ0n) is 23.3. The maximum absolute atomic E-state index is 12.5. The Morgan fingerprint density at radius 2 is 1.54 bits per heavy atom. The fourth-order valence-corrected chi connectivity index (χ4v) is 5.27. The van der Waals surface area contributed by atoms with Crippen molar-refractivity contribution >= 4 is 34.5 Å². The SMILES string of the molecule is CCCCCCCCCCCCCCOc1c(Cl)cccc1OCC(=O)Nc1ccc(C[n+]2ccsc2)cc1. The van der Waals surface area contributed by atoms with Crippen LogP contribution in [-0.2, 0) is 11.3 Å². The number of aromatic nitrogens is 1. The summed E-state index contributed by atoms with van der Waals surface area (Å²) in [4.78, 5) is 12.5. The van der Waals surface area contributed by atoms with E-state index in [4.69, 9.17) is 21.1 Å². The van der Waals surface area contributed by atoms with Crippen molar-refractivity contribution in [2.75, 3.05) is 18.5 Å². The normalized spacial score (nSPS) is 10.9. The lowest BCUT2D eigenvalue weighted by atomic mass is 10.1. The van der Waals surface area contributed by atoms with Crippen LogP contribution >= 0.6 is 22.9 Å². The summed E-state index contributed by atoms with van der Waals surface area (Å²) in [6.07, 6.45) is 17.6. The molecule has 0 bridgehead atoms. The summed E-state index contributed by atoms with van der Waals surface area (Å²) in [5.74, 6) is 0.756. The summed E-state index contributed by atoms with van der Waals surface area (Å²) in [5.41, 5.74) is 3.97. The van der Waals surface area contributed by atoms with Crippen LogP contribution in [-0.4, -0.2) is 19.1 Å². The van der Waals surface area contributed by atoms with Crippen LogP contribution in [0.2, 0.25) is 5.02 Å². The number of nitrogens with one attached hydrogen (secondary N) is 1. The van der Waals surface area contributed by atoms with E-state index < -0.39 is 0 Å². The van der Waals surface area contributed by atoms with Crippen LogP contribution in [0.5, 0.6) is 11.5 Å². The van der Waals surface area contributed by atoms with E-state index in [1.54, 1.807) is 29.5 Å². The van der Waals surface area contributed by atoms with Crippen LogP contribution < -0.4 is 19.4 Å². The van der Waals surface area contributed by atoms with Crippen LogP contribution in [0, 0.1) is 0 Å². The lowest BCUT2D eigenvalue weighted by Gasteiger charge is -2.14. The lowest BCUT2D eigenvalue weighted by molar-refractivity contribution is -0.683. The Kier molecular flexibility index (Phi) is 14.8. The number of para-hydroxylation sites is 1. The van der Waals surface area contributed by atoms with Crippen LogP contribution in [0.1, 0.15) is 89.5 Å². The summed E-state index contributed by atoms with van der Waals surface area (Å²) in [6, 6.07) is 13.2. The van der Waals surface area contributed by atoms with Gasteiger partial charge >= 0.3 is 0 Å². The van der Waals surface area contributed by atoms with E-state index in [1.165, 1.54) is 69.8 Å². The summed E-state index contributed by atoms with van der Waals surface area (Å²) >= 11 is 8.05. The number of benzene rings is 2. The molecule has 0 aliphatic heterocycles. The van der Waals surface area contributed by atoms with Gasteiger partial charge in [-0.05, 0) is 30.7 Å². The van der Waals surface area contributed by atoms with E-state index in [1.807, 2.05) is 35.8 Å². The number of rotatable bonds is 20. The number of hydrogen-bond donors (Lipinski definition) is 1. The molecule has 0 unspecified atom stereocenters. The second-order valence-corrected chi connectivity index (χ2v) is 11.2. The molecular formula is C32H44ClN2O3S+. The van der Waals surface area contributed by atoms with Gasteiger partial charge in [0.15, 0.2) is 30.8 Å². The van der Waals surface area contributed by atoms with E-state index in [9.17, 15) is 4.79 Å². The average molecular weight is 572 g/mol. The van der Waals surface area contributed by atoms with E-state index in [2.05, 4.69) is 22.3 Å². The molecule has 1 heterocycles. The van der Waals surface area contributed by atoms with Crippen molar-refractivity contribution in [2.45, 2.75) is 90.5 Å². The van der Waals surface area contributed by atoms with Crippen molar-refractivity contribution in [2.24, 2.45) is 0 Å². The first-order valence-electron chi connectivity index (χ1n) is 14.5. The smallest absolute Gasteiger partial charge is 0.262 e. The molecular weight excluding hydrogens is 528 g/mol. The number of amides is 1. The Bertz CT molecular complexity index is 1070. The number of unbranched alkanes of at least 4 members (excludes halogenated alkanes) is 11. The van der Waals surface area contributed by atoms with Gasteiger partial charge < -0.3 is 14.8 Å². The molecule has 2 aromatic carbocycles. The molecule has 0 radical (unpaired) electrons. The van der Waals surface area contributed by atoms with Gasteiger partial charge in [-0.15, -0.1) is 0 Å². The van der Waals surface area contributed by atoms with Gasteiger partial charge in [0.25, 0.3) is 5.91 Å². The summed E-state index contributed by atoms with van der Waals surface area (Å²) in [7, 11) is 0. The molecule has 5 nitrogen and oxygen atoms in total. The van der Waals surface area contributed by atoms with Crippen molar-refractivity contribution in [3.63, 3.8) is 0 Å². The third-order valence-electron chi connectivity index (χ3n) is 6.66. The quantitative estimate of drug-likeness (QED) is 0.109. The number of ether oxygens (including phenoxy) is 2. The Hall–Kier alpha value is -2.57. The fourth-order valence-electron chi connectivity index (χ4n) is 4.46. The second-order valence-electron chi connectivity index (χ2n) is 10.0. The minimum Gasteiger partial charge on any atom is -0.488 e. The molecule has 0 atom stereocenters. The number of nitrogens with zero attached hydrogens (tertiary/aromatic N) is 1. The number of carbonyl (C=O) groups excluding carboxylic acids is 1. The fraction of sp³-hybridized carbons (Fsp3) is 0.500. The van der Waals surface area contributed by atoms with Gasteiger partial charge in [-0.1, -0.05) is 119 Å². The standard InChI is InChI=1S/C32H43ClN2O3S/c1-2-3-4-5-6-7-8-9-10-11-12-13-22-37-32-29(33)15-14-16-30(32)38-25-31(36)34-28-19-17-27(18-20-28)24-35-21-23-39-26-35/h14-21,23,26H,2-13,22,24-25H2,1H3/p+1. The van der Waals surface area contributed by atoms with Crippen molar-refractivity contribution < 1.29 is 18.8 Å². The molecule has 0 aliphatic carbocycles. The molecule has 1 N–H and O–H groups in total. The third kappa shape index (κ3) is 12.4. The van der Waals surface area contributed by atoms with Gasteiger partial charge in [-0.25, -0.2) is 0 Å². The number of thiazole rings is 1. The third-order valence-corrected chi connectivity index (χ3v) is 7.63. The Morgan fingerprint density at radius 1 is 0.872 bits per heavy atom. The Morgan fingerprint density at radius 3 is 2.18 bits per heavy atom. The maximum Gasteiger partial charge on any atom is 0.262 e. The topological polar surface area (TPSA) is 51.4 Å². The Labute approximate surface area is 243 Å². The molecule has 3 aromatic rings. The van der Waals surface area contributed by atoms with Crippen molar-refractivity contribution in [1.82, 2.24) is 0 Å². The van der Waals surface area contributed by atoms with E-state index in [0.29, 0.717) is 23.1 Å². The molecule has 0 spiro atoms. The van der Waals surface area contributed by atoms with E-state index in [-0.39, 0.29) is 12.5 Å². The molecule has 1 amide bonds. The van der Waals surface area contributed by atoms with Crippen molar-refractivity contribution in [3.8, 4) is 11.5 Å². The first-order chi connectivity index (χ1) is 19.2. The number of carbonyl (C=O) groups is 1. The van der Waals surface area contributed by atoms with Gasteiger partial charge in [0, 0.05) is 11.3 Å². The lowest BCUT2D eigenvalue weighted by Crippen LogP contribution is -2.30. The molecule has 212 valence electrons. The van der Waals surface area contributed by atoms with Gasteiger partial charge in [0.05, 0.1) is 17.0 Å². The highest BCUT2D eigenvalue weighted by Crippen LogP contribution is 2.35. The minimum atomic E-state index is -0.234. The molecule has 3 rings (SSSR count). The molecule has 0 saturated carbocycles.